The number of fused-ring (bicyclic) bond motifs is 1. The van der Waals surface area contributed by atoms with Crippen LogP contribution >= 0.6 is 0 Å². The summed E-state index contributed by atoms with van der Waals surface area (Å²) < 4.78 is 15.6. The van der Waals surface area contributed by atoms with Crippen molar-refractivity contribution < 1.29 is 24.1 Å². The van der Waals surface area contributed by atoms with Gasteiger partial charge in [0.25, 0.3) is 0 Å². The van der Waals surface area contributed by atoms with Crippen molar-refractivity contribution in [2.45, 2.75) is 0 Å². The molecule has 2 aromatic rings. The average Bonchev–Trinajstić information content (AvgIpc) is 2.79. The van der Waals surface area contributed by atoms with Gasteiger partial charge in [-0.25, -0.2) is 0 Å². The van der Waals surface area contributed by atoms with E-state index in [1.54, 1.807) is 6.07 Å². The summed E-state index contributed by atoms with van der Waals surface area (Å²) in [6.07, 6.45) is 0. The number of H-pyrrole nitrogens is 1. The van der Waals surface area contributed by atoms with E-state index >= 15 is 0 Å². The van der Waals surface area contributed by atoms with Gasteiger partial charge in [0.2, 0.25) is 5.75 Å². The Morgan fingerprint density at radius 1 is 1.11 bits per heavy atom. The van der Waals surface area contributed by atoms with Crippen LogP contribution in [0.3, 0.4) is 0 Å². The minimum absolute atomic E-state index is 0.0291. The molecule has 6 heteroatoms. The second-order valence-corrected chi connectivity index (χ2v) is 3.58. The molecule has 0 radical (unpaired) electrons. The van der Waals surface area contributed by atoms with Gasteiger partial charge in [-0.1, -0.05) is 0 Å². The monoisotopic (exact) mass is 250 g/mol. The maximum absolute atomic E-state index is 10.8. The third-order valence-corrected chi connectivity index (χ3v) is 2.65. The van der Waals surface area contributed by atoms with Crippen LogP contribution in [0.15, 0.2) is 12.1 Å². The molecule has 1 N–H and O–H groups in total. The van der Waals surface area contributed by atoms with Gasteiger partial charge in [0.05, 0.1) is 38.5 Å². The minimum Gasteiger partial charge on any atom is -0.543 e. The van der Waals surface area contributed by atoms with Crippen molar-refractivity contribution in [3.05, 3.63) is 17.8 Å². The van der Waals surface area contributed by atoms with E-state index in [0.29, 0.717) is 28.2 Å². The van der Waals surface area contributed by atoms with E-state index in [1.807, 2.05) is 0 Å². The SMILES string of the molecule is COc1cc2[nH]c(C(=O)[O-])cc2c(OC)c1OC. The fourth-order valence-corrected chi connectivity index (χ4v) is 1.86. The number of carbonyl (C=O) groups is 1. The fourth-order valence-electron chi connectivity index (χ4n) is 1.86. The number of carbonyl (C=O) groups excluding carboxylic acids is 1. The van der Waals surface area contributed by atoms with Gasteiger partial charge in [0.1, 0.15) is 0 Å². The maximum atomic E-state index is 10.8. The minimum atomic E-state index is -1.29. The molecular weight excluding hydrogens is 238 g/mol. The third-order valence-electron chi connectivity index (χ3n) is 2.65. The number of aromatic carboxylic acids is 1. The summed E-state index contributed by atoms with van der Waals surface area (Å²) in [4.78, 5) is 13.6. The first-order valence-corrected chi connectivity index (χ1v) is 5.15. The lowest BCUT2D eigenvalue weighted by molar-refractivity contribution is -0.255. The topological polar surface area (TPSA) is 83.6 Å². The molecule has 1 heterocycles. The van der Waals surface area contributed by atoms with E-state index < -0.39 is 5.97 Å². The van der Waals surface area contributed by atoms with Crippen molar-refractivity contribution in [3.8, 4) is 17.2 Å². The summed E-state index contributed by atoms with van der Waals surface area (Å²) in [7, 11) is 4.45. The summed E-state index contributed by atoms with van der Waals surface area (Å²) in [5, 5.41) is 11.4. The maximum Gasteiger partial charge on any atom is 0.204 e. The highest BCUT2D eigenvalue weighted by atomic mass is 16.5. The molecule has 0 aliphatic carbocycles. The quantitative estimate of drug-likeness (QED) is 0.857. The van der Waals surface area contributed by atoms with E-state index in [-0.39, 0.29) is 5.69 Å². The second-order valence-electron chi connectivity index (χ2n) is 3.58. The van der Waals surface area contributed by atoms with Crippen molar-refractivity contribution in [3.63, 3.8) is 0 Å². The van der Waals surface area contributed by atoms with Crippen LogP contribution < -0.4 is 19.3 Å². The Labute approximate surface area is 103 Å². The fraction of sp³-hybridized carbons (Fsp3) is 0.250. The summed E-state index contributed by atoms with van der Waals surface area (Å²) in [6.45, 7) is 0. The molecular formula is C12H12NO5-. The summed E-state index contributed by atoms with van der Waals surface area (Å²) in [5.41, 5.74) is 0.544. The van der Waals surface area contributed by atoms with E-state index in [1.165, 1.54) is 27.4 Å². The van der Waals surface area contributed by atoms with E-state index in [2.05, 4.69) is 4.98 Å². The summed E-state index contributed by atoms with van der Waals surface area (Å²) in [5.74, 6) is -0.00761. The smallest absolute Gasteiger partial charge is 0.204 e. The van der Waals surface area contributed by atoms with Crippen LogP contribution in [0.5, 0.6) is 17.2 Å². The highest BCUT2D eigenvalue weighted by Gasteiger charge is 2.17. The van der Waals surface area contributed by atoms with Crippen molar-refractivity contribution in [2.24, 2.45) is 0 Å². The zero-order valence-electron chi connectivity index (χ0n) is 10.2. The lowest BCUT2D eigenvalue weighted by Crippen LogP contribution is -2.22. The molecule has 0 aliphatic rings. The molecule has 1 aromatic carbocycles. The summed E-state index contributed by atoms with van der Waals surface area (Å²) >= 11 is 0. The van der Waals surface area contributed by atoms with Crippen molar-refractivity contribution in [1.29, 1.82) is 0 Å². The first-order valence-electron chi connectivity index (χ1n) is 5.15. The third kappa shape index (κ3) is 1.71. The number of carboxylic acids is 1. The lowest BCUT2D eigenvalue weighted by Gasteiger charge is -2.12. The van der Waals surface area contributed by atoms with Crippen LogP contribution in [0.4, 0.5) is 0 Å². The first kappa shape index (κ1) is 12.1. The number of aromatic amines is 1. The molecule has 0 spiro atoms. The van der Waals surface area contributed by atoms with Crippen LogP contribution in [0, 0.1) is 0 Å². The number of carboxylic acid groups (broad SMARTS) is 1. The number of benzene rings is 1. The number of rotatable bonds is 4. The zero-order chi connectivity index (χ0) is 13.3. The molecule has 0 fully saturated rings. The number of hydrogen-bond acceptors (Lipinski definition) is 5. The van der Waals surface area contributed by atoms with E-state index in [4.69, 9.17) is 14.2 Å². The largest absolute Gasteiger partial charge is 0.543 e. The predicted octanol–water partition coefficient (Wildman–Crippen LogP) is 0.557. The molecule has 0 amide bonds. The van der Waals surface area contributed by atoms with Crippen molar-refractivity contribution in [2.75, 3.05) is 21.3 Å². The molecule has 0 aliphatic heterocycles. The van der Waals surface area contributed by atoms with Gasteiger partial charge < -0.3 is 29.1 Å². The van der Waals surface area contributed by atoms with E-state index in [9.17, 15) is 9.90 Å². The van der Waals surface area contributed by atoms with Crippen LogP contribution in [-0.4, -0.2) is 32.3 Å². The van der Waals surface area contributed by atoms with Crippen LogP contribution in [0.25, 0.3) is 10.9 Å². The molecule has 0 atom stereocenters. The molecule has 0 bridgehead atoms. The molecule has 1 aromatic heterocycles. The highest BCUT2D eigenvalue weighted by Crippen LogP contribution is 2.43. The lowest BCUT2D eigenvalue weighted by atomic mass is 10.2. The van der Waals surface area contributed by atoms with Gasteiger partial charge in [-0.2, -0.15) is 0 Å². The Morgan fingerprint density at radius 2 is 1.78 bits per heavy atom. The Balaban J connectivity index is 2.79. The van der Waals surface area contributed by atoms with Crippen LogP contribution in [-0.2, 0) is 0 Å². The van der Waals surface area contributed by atoms with Gasteiger partial charge in [-0.05, 0) is 6.07 Å². The number of aromatic nitrogens is 1. The molecule has 96 valence electrons. The van der Waals surface area contributed by atoms with Gasteiger partial charge in [-0.3, -0.25) is 0 Å². The van der Waals surface area contributed by atoms with Gasteiger partial charge >= 0.3 is 0 Å². The van der Waals surface area contributed by atoms with Gasteiger partial charge in [-0.15, -0.1) is 0 Å². The average molecular weight is 250 g/mol. The molecule has 0 saturated carbocycles. The predicted molar refractivity (Wildman–Crippen MR) is 62.3 cm³/mol. The van der Waals surface area contributed by atoms with E-state index in [0.717, 1.165) is 0 Å². The molecule has 6 nitrogen and oxygen atoms in total. The second kappa shape index (κ2) is 4.48. The summed E-state index contributed by atoms with van der Waals surface area (Å²) in [6, 6.07) is 3.08. The Morgan fingerprint density at radius 3 is 2.28 bits per heavy atom. The van der Waals surface area contributed by atoms with Crippen molar-refractivity contribution in [1.82, 2.24) is 4.98 Å². The van der Waals surface area contributed by atoms with Gasteiger partial charge in [0.15, 0.2) is 11.5 Å². The standard InChI is InChI=1S/C12H13NO5/c1-16-9-5-7-6(4-8(13-7)12(14)15)10(17-2)11(9)18-3/h4-5,13H,1-3H3,(H,14,15)/p-1. The van der Waals surface area contributed by atoms with Crippen molar-refractivity contribution >= 4 is 16.9 Å². The first-order chi connectivity index (χ1) is 8.62. The molecule has 0 unspecified atom stereocenters. The Bertz CT molecular complexity index is 602. The number of nitrogens with one attached hydrogen (secondary N) is 1. The van der Waals surface area contributed by atoms with Crippen LogP contribution in [0.2, 0.25) is 0 Å². The number of ether oxygens (including phenoxy) is 3. The van der Waals surface area contributed by atoms with Gasteiger partial charge in [0, 0.05) is 11.5 Å². The Kier molecular flexibility index (Phi) is 3.01. The molecule has 0 saturated heterocycles. The Hall–Kier alpha value is -2.37. The number of methoxy groups -OCH3 is 3. The normalized spacial score (nSPS) is 10.4. The molecule has 18 heavy (non-hydrogen) atoms. The zero-order valence-corrected chi connectivity index (χ0v) is 10.2. The van der Waals surface area contributed by atoms with Crippen LogP contribution in [0.1, 0.15) is 10.5 Å². The highest BCUT2D eigenvalue weighted by molar-refractivity contribution is 5.97. The molecule has 2 rings (SSSR count). The number of hydrogen-bond donors (Lipinski definition) is 1.